The van der Waals surface area contributed by atoms with Gasteiger partial charge in [0.15, 0.2) is 5.96 Å². The second-order valence-corrected chi connectivity index (χ2v) is 14.3. The molecule has 1 saturated heterocycles. The highest BCUT2D eigenvalue weighted by molar-refractivity contribution is 6.02. The minimum absolute atomic E-state index is 0.0462. The molecule has 1 saturated carbocycles. The number of aliphatic hydroxyl groups excluding tert-OH is 1. The number of aliphatic hydroxyl groups is 1. The van der Waals surface area contributed by atoms with Crippen molar-refractivity contribution in [1.29, 1.82) is 0 Å². The molecule has 2 unspecified atom stereocenters. The van der Waals surface area contributed by atoms with Crippen LogP contribution in [0.4, 0.5) is 5.69 Å². The number of nitrogens with two attached hydrogens (primary N) is 4. The summed E-state index contributed by atoms with van der Waals surface area (Å²) in [5.41, 5.74) is 25.0. The number of benzene rings is 1. The van der Waals surface area contributed by atoms with Crippen LogP contribution in [0, 0.1) is 0 Å². The lowest BCUT2D eigenvalue weighted by Gasteiger charge is -2.31. The van der Waals surface area contributed by atoms with Crippen molar-refractivity contribution in [3.05, 3.63) is 41.7 Å². The number of nitrogens with zero attached hydrogens (tertiary/aromatic N) is 1. The fraction of sp³-hybridized carbons (Fsp3) is 0.583. The van der Waals surface area contributed by atoms with Crippen LogP contribution < -0.4 is 65.5 Å². The van der Waals surface area contributed by atoms with Gasteiger partial charge in [0.1, 0.15) is 29.9 Å². The predicted molar refractivity (Wildman–Crippen MR) is 208 cm³/mol. The molecule has 6 amide bonds. The summed E-state index contributed by atoms with van der Waals surface area (Å²) in [6.07, 6.45) is 8.32. The molecule has 56 heavy (non-hydrogen) atoms. The molecule has 2 heterocycles. The number of hydrogen-bond acceptors (Lipinski definition) is 14. The molecule has 3 aliphatic rings. The second-order valence-electron chi connectivity index (χ2n) is 14.3. The number of rotatable bonds is 12. The third kappa shape index (κ3) is 13.2. The maximum absolute atomic E-state index is 14.1. The molecule has 0 bridgehead atoms. The quantitative estimate of drug-likeness (QED) is 0.0908. The molecule has 6 atom stereocenters. The van der Waals surface area contributed by atoms with Gasteiger partial charge >= 0.3 is 0 Å². The van der Waals surface area contributed by atoms with E-state index in [1.54, 1.807) is 0 Å². The molecule has 308 valence electrons. The summed E-state index contributed by atoms with van der Waals surface area (Å²) >= 11 is 0. The van der Waals surface area contributed by atoms with Crippen molar-refractivity contribution in [2.75, 3.05) is 38.1 Å². The van der Waals surface area contributed by atoms with E-state index >= 15 is 0 Å². The van der Waals surface area contributed by atoms with Crippen molar-refractivity contribution in [1.82, 2.24) is 37.2 Å². The number of aliphatic imine (C=N–C) groups is 1. The summed E-state index contributed by atoms with van der Waals surface area (Å²) < 4.78 is 0. The van der Waals surface area contributed by atoms with Gasteiger partial charge in [0.2, 0.25) is 29.5 Å². The van der Waals surface area contributed by atoms with Crippen LogP contribution in [0.2, 0.25) is 0 Å². The number of hydrogen-bond donors (Lipinski definition) is 13. The van der Waals surface area contributed by atoms with Crippen LogP contribution in [-0.4, -0.2) is 116 Å². The number of nitrogens with one attached hydrogen (secondary N) is 8. The summed E-state index contributed by atoms with van der Waals surface area (Å²) in [7, 11) is 0. The van der Waals surface area contributed by atoms with Gasteiger partial charge in [0, 0.05) is 44.0 Å². The van der Waals surface area contributed by atoms with Gasteiger partial charge in [-0.15, -0.1) is 0 Å². The maximum atomic E-state index is 14.1. The molecule has 0 radical (unpaired) electrons. The van der Waals surface area contributed by atoms with Crippen molar-refractivity contribution in [3.63, 3.8) is 0 Å². The fourth-order valence-corrected chi connectivity index (χ4v) is 6.65. The Morgan fingerprint density at radius 1 is 0.929 bits per heavy atom. The van der Waals surface area contributed by atoms with E-state index in [2.05, 4.69) is 47.5 Å². The van der Waals surface area contributed by atoms with Crippen molar-refractivity contribution in [3.8, 4) is 0 Å². The maximum Gasteiger partial charge on any atom is 0.270 e. The largest absolute Gasteiger partial charge is 0.394 e. The Kier molecular flexibility index (Phi) is 16.8. The molecule has 1 aromatic carbocycles. The third-order valence-corrected chi connectivity index (χ3v) is 9.91. The van der Waals surface area contributed by atoms with E-state index in [-0.39, 0.29) is 31.0 Å². The van der Waals surface area contributed by atoms with Crippen LogP contribution in [0.25, 0.3) is 0 Å². The first kappa shape index (κ1) is 43.4. The van der Waals surface area contributed by atoms with Gasteiger partial charge in [-0.1, -0.05) is 31.4 Å². The summed E-state index contributed by atoms with van der Waals surface area (Å²) in [5, 5.41) is 30.9. The standard InChI is InChI=1S/C36H57N13O7/c37-13-4-7-22(38)15-29(51)43-18-27-32(53)45-26(17-42-23-10-8-21(9-11-23)20-5-2-1-3-6-20)33(54)49-30(25-12-14-41-36(40)48-25)35(56)44-16-24(39)31(52)47-28(19-50)34(55)46-27/h8-11,17,20,22,24-25,27-28,30,42,50H,1-7,12-16,18-19,37-39H2,(H,43,51)(H,44,56)(H,45,53)(H,46,55)(H,47,52)(H,49,54)(H3,40,41,48)/b26-17-/t22-,24?,25?,27-,28-,30-/m0/s1. The Hall–Kier alpha value is -5.31. The molecule has 1 aromatic rings. The average molecular weight is 784 g/mol. The van der Waals surface area contributed by atoms with Crippen LogP contribution in [0.1, 0.15) is 69.3 Å². The Bertz CT molecular complexity index is 1600. The van der Waals surface area contributed by atoms with Crippen molar-refractivity contribution in [2.45, 2.75) is 100.0 Å². The Labute approximate surface area is 325 Å². The van der Waals surface area contributed by atoms with Crippen LogP contribution in [0.5, 0.6) is 0 Å². The van der Waals surface area contributed by atoms with Gasteiger partial charge in [-0.3, -0.25) is 33.8 Å². The molecule has 4 rings (SSSR count). The van der Waals surface area contributed by atoms with E-state index in [4.69, 9.17) is 22.9 Å². The minimum atomic E-state index is -1.58. The van der Waals surface area contributed by atoms with E-state index in [0.29, 0.717) is 31.0 Å². The molecule has 20 heteroatoms. The number of amides is 6. The van der Waals surface area contributed by atoms with Crippen molar-refractivity contribution < 1.29 is 33.9 Å². The van der Waals surface area contributed by atoms with Gasteiger partial charge in [-0.05, 0) is 62.3 Å². The summed E-state index contributed by atoms with van der Waals surface area (Å²) in [5.74, 6) is -4.51. The van der Waals surface area contributed by atoms with E-state index in [0.717, 1.165) is 12.8 Å². The minimum Gasteiger partial charge on any atom is -0.394 e. The first-order chi connectivity index (χ1) is 26.9. The lowest BCUT2D eigenvalue weighted by Crippen LogP contribution is -2.64. The van der Waals surface area contributed by atoms with E-state index < -0.39 is 91.4 Å². The smallest absolute Gasteiger partial charge is 0.270 e. The van der Waals surface area contributed by atoms with Crippen LogP contribution >= 0.6 is 0 Å². The fourth-order valence-electron chi connectivity index (χ4n) is 6.65. The highest BCUT2D eigenvalue weighted by Crippen LogP contribution is 2.33. The van der Waals surface area contributed by atoms with Crippen LogP contribution in [0.15, 0.2) is 41.2 Å². The summed E-state index contributed by atoms with van der Waals surface area (Å²) in [4.78, 5) is 84.8. The molecule has 0 aromatic heterocycles. The third-order valence-electron chi connectivity index (χ3n) is 9.91. The van der Waals surface area contributed by atoms with Crippen molar-refractivity contribution >= 4 is 47.1 Å². The molecular weight excluding hydrogens is 726 g/mol. The van der Waals surface area contributed by atoms with Crippen molar-refractivity contribution in [2.24, 2.45) is 27.9 Å². The van der Waals surface area contributed by atoms with Crippen LogP contribution in [-0.2, 0) is 28.8 Å². The van der Waals surface area contributed by atoms with Gasteiger partial charge in [0.05, 0.1) is 12.6 Å². The van der Waals surface area contributed by atoms with Crippen LogP contribution in [0.3, 0.4) is 0 Å². The molecule has 17 N–H and O–H groups in total. The van der Waals surface area contributed by atoms with Gasteiger partial charge in [-0.25, -0.2) is 0 Å². The zero-order valence-corrected chi connectivity index (χ0v) is 31.5. The highest BCUT2D eigenvalue weighted by atomic mass is 16.3. The van der Waals surface area contributed by atoms with E-state index in [1.165, 1.54) is 31.0 Å². The van der Waals surface area contributed by atoms with E-state index in [9.17, 15) is 33.9 Å². The number of guanidine groups is 1. The molecule has 20 nitrogen and oxygen atoms in total. The molecule has 0 spiro atoms. The Morgan fingerprint density at radius 2 is 1.64 bits per heavy atom. The molecular formula is C36H57N13O7. The number of anilines is 1. The number of carbonyl (C=O) groups is 6. The topological polar surface area (TPSA) is 335 Å². The zero-order valence-electron chi connectivity index (χ0n) is 31.5. The highest BCUT2D eigenvalue weighted by Gasteiger charge is 2.35. The van der Waals surface area contributed by atoms with Gasteiger partial charge < -0.3 is 70.6 Å². The zero-order chi connectivity index (χ0) is 40.6. The monoisotopic (exact) mass is 783 g/mol. The summed E-state index contributed by atoms with van der Waals surface area (Å²) in [6, 6.07) is 0.637. The SMILES string of the molecule is NCCC[C@H](N)CC(=O)NC[C@@H]1NC(=O)[C@H](CO)NC(=O)C(N)CNC(=O)[C@H](C2CCN=C(N)N2)NC(=O)/C(=C/Nc2ccc(C3CCCCC3)cc2)NC1=O. The predicted octanol–water partition coefficient (Wildman–Crippen LogP) is -3.74. The average Bonchev–Trinajstić information content (AvgIpc) is 3.19. The molecule has 2 fully saturated rings. The molecule has 1 aliphatic carbocycles. The Balaban J connectivity index is 1.66. The number of carbonyl (C=O) groups excluding carboxylic acids is 6. The summed E-state index contributed by atoms with van der Waals surface area (Å²) in [6.45, 7) is -1.12. The molecule has 2 aliphatic heterocycles. The Morgan fingerprint density at radius 3 is 2.32 bits per heavy atom. The lowest BCUT2D eigenvalue weighted by atomic mass is 9.84. The normalized spacial score (nSPS) is 26.0. The van der Waals surface area contributed by atoms with E-state index in [1.807, 2.05) is 24.3 Å². The first-order valence-corrected chi connectivity index (χ1v) is 19.1. The first-order valence-electron chi connectivity index (χ1n) is 19.1. The second kappa shape index (κ2) is 21.7. The lowest BCUT2D eigenvalue weighted by molar-refractivity contribution is -0.134. The van der Waals surface area contributed by atoms with Gasteiger partial charge in [-0.2, -0.15) is 0 Å². The van der Waals surface area contributed by atoms with Gasteiger partial charge in [0.25, 0.3) is 5.91 Å².